The Labute approximate surface area is 115 Å². The van der Waals surface area contributed by atoms with Gasteiger partial charge in [0.05, 0.1) is 0 Å². The Morgan fingerprint density at radius 2 is 2.11 bits per heavy atom. The second kappa shape index (κ2) is 6.71. The minimum absolute atomic E-state index is 0.0649. The van der Waals surface area contributed by atoms with Gasteiger partial charge in [0.25, 0.3) is 5.91 Å². The zero-order valence-electron chi connectivity index (χ0n) is 12.0. The van der Waals surface area contributed by atoms with E-state index in [2.05, 4.69) is 35.8 Å². The Morgan fingerprint density at radius 1 is 1.37 bits per heavy atom. The molecule has 1 aromatic rings. The smallest absolute Gasteiger partial charge is 0.251 e. The summed E-state index contributed by atoms with van der Waals surface area (Å²) in [5.74, 6) is 0.662. The van der Waals surface area contributed by atoms with Crippen LogP contribution in [-0.2, 0) is 0 Å². The van der Waals surface area contributed by atoms with Crippen molar-refractivity contribution in [2.75, 3.05) is 19.6 Å². The molecule has 104 valence electrons. The highest BCUT2D eigenvalue weighted by atomic mass is 16.1. The van der Waals surface area contributed by atoms with Gasteiger partial charge in [0.1, 0.15) is 0 Å². The number of carbonyl (C=O) groups is 1. The normalized spacial score (nSPS) is 16.3. The SMILES string of the molecule is CCCNC(=O)c1cc(C2CCNCC2)ccc1C. The van der Waals surface area contributed by atoms with Crippen molar-refractivity contribution in [1.82, 2.24) is 10.6 Å². The van der Waals surface area contributed by atoms with Crippen LogP contribution in [0.25, 0.3) is 0 Å². The van der Waals surface area contributed by atoms with Crippen LogP contribution in [0, 0.1) is 6.92 Å². The summed E-state index contributed by atoms with van der Waals surface area (Å²) in [4.78, 5) is 12.1. The van der Waals surface area contributed by atoms with Gasteiger partial charge in [-0.25, -0.2) is 0 Å². The second-order valence-corrected chi connectivity index (χ2v) is 5.35. The second-order valence-electron chi connectivity index (χ2n) is 5.35. The van der Waals surface area contributed by atoms with Gasteiger partial charge in [0.15, 0.2) is 0 Å². The van der Waals surface area contributed by atoms with Gasteiger partial charge in [-0.1, -0.05) is 19.1 Å². The summed E-state index contributed by atoms with van der Waals surface area (Å²) in [5.41, 5.74) is 3.21. The number of carbonyl (C=O) groups excluding carboxylic acids is 1. The van der Waals surface area contributed by atoms with Crippen LogP contribution in [0.4, 0.5) is 0 Å². The van der Waals surface area contributed by atoms with E-state index in [1.54, 1.807) is 0 Å². The third-order valence-electron chi connectivity index (χ3n) is 3.85. The number of piperidine rings is 1. The first-order valence-electron chi connectivity index (χ1n) is 7.32. The van der Waals surface area contributed by atoms with E-state index in [1.807, 2.05) is 6.92 Å². The first-order valence-corrected chi connectivity index (χ1v) is 7.32. The molecular formula is C16H24N2O. The van der Waals surface area contributed by atoms with E-state index in [-0.39, 0.29) is 5.91 Å². The van der Waals surface area contributed by atoms with Gasteiger partial charge in [-0.15, -0.1) is 0 Å². The molecule has 3 nitrogen and oxygen atoms in total. The van der Waals surface area contributed by atoms with Crippen LogP contribution in [0.1, 0.15) is 53.6 Å². The van der Waals surface area contributed by atoms with Crippen molar-refractivity contribution in [3.8, 4) is 0 Å². The molecule has 1 aromatic carbocycles. The lowest BCUT2D eigenvalue weighted by atomic mass is 9.88. The van der Waals surface area contributed by atoms with E-state index in [0.29, 0.717) is 5.92 Å². The number of hydrogen-bond donors (Lipinski definition) is 2. The molecule has 0 unspecified atom stereocenters. The molecule has 1 aliphatic rings. The molecule has 19 heavy (non-hydrogen) atoms. The van der Waals surface area contributed by atoms with Crippen LogP contribution in [0.2, 0.25) is 0 Å². The largest absolute Gasteiger partial charge is 0.352 e. The van der Waals surface area contributed by atoms with Crippen molar-refractivity contribution >= 4 is 5.91 Å². The van der Waals surface area contributed by atoms with E-state index in [1.165, 1.54) is 18.4 Å². The number of amides is 1. The number of aryl methyl sites for hydroxylation is 1. The minimum atomic E-state index is 0.0649. The summed E-state index contributed by atoms with van der Waals surface area (Å²) in [6, 6.07) is 6.36. The molecule has 1 aliphatic heterocycles. The van der Waals surface area contributed by atoms with Gasteiger partial charge < -0.3 is 10.6 Å². The van der Waals surface area contributed by atoms with E-state index in [9.17, 15) is 4.79 Å². The van der Waals surface area contributed by atoms with E-state index < -0.39 is 0 Å². The standard InChI is InChI=1S/C16H24N2O/c1-3-8-18-16(19)15-11-14(5-4-12(15)2)13-6-9-17-10-7-13/h4-5,11,13,17H,3,6-10H2,1-2H3,(H,18,19). The summed E-state index contributed by atoms with van der Waals surface area (Å²) in [6.45, 7) is 6.98. The van der Waals surface area contributed by atoms with Crippen molar-refractivity contribution < 1.29 is 4.79 Å². The molecule has 0 bridgehead atoms. The van der Waals surface area contributed by atoms with Crippen molar-refractivity contribution in [2.45, 2.75) is 39.0 Å². The van der Waals surface area contributed by atoms with Crippen molar-refractivity contribution in [3.05, 3.63) is 34.9 Å². The topological polar surface area (TPSA) is 41.1 Å². The fourth-order valence-corrected chi connectivity index (χ4v) is 2.63. The molecule has 0 saturated carbocycles. The van der Waals surface area contributed by atoms with Crippen LogP contribution >= 0.6 is 0 Å². The number of benzene rings is 1. The third-order valence-corrected chi connectivity index (χ3v) is 3.85. The summed E-state index contributed by atoms with van der Waals surface area (Å²) in [5, 5.41) is 6.35. The van der Waals surface area contributed by atoms with Gasteiger partial charge in [0, 0.05) is 12.1 Å². The minimum Gasteiger partial charge on any atom is -0.352 e. The van der Waals surface area contributed by atoms with Crippen LogP contribution < -0.4 is 10.6 Å². The van der Waals surface area contributed by atoms with Crippen molar-refractivity contribution in [1.29, 1.82) is 0 Å². The highest BCUT2D eigenvalue weighted by Gasteiger charge is 2.17. The Kier molecular flexibility index (Phi) is 4.97. The van der Waals surface area contributed by atoms with E-state index in [4.69, 9.17) is 0 Å². The van der Waals surface area contributed by atoms with Crippen molar-refractivity contribution in [2.24, 2.45) is 0 Å². The summed E-state index contributed by atoms with van der Waals surface area (Å²) in [6.07, 6.45) is 3.30. The van der Waals surface area contributed by atoms with Crippen molar-refractivity contribution in [3.63, 3.8) is 0 Å². The molecule has 0 spiro atoms. The molecule has 2 N–H and O–H groups in total. The third kappa shape index (κ3) is 3.57. The van der Waals surface area contributed by atoms with Crippen LogP contribution in [0.5, 0.6) is 0 Å². The molecule has 1 saturated heterocycles. The van der Waals surface area contributed by atoms with Crippen LogP contribution in [0.3, 0.4) is 0 Å². The quantitative estimate of drug-likeness (QED) is 0.873. The maximum Gasteiger partial charge on any atom is 0.251 e. The first-order chi connectivity index (χ1) is 9.22. The van der Waals surface area contributed by atoms with E-state index in [0.717, 1.165) is 37.2 Å². The van der Waals surface area contributed by atoms with E-state index >= 15 is 0 Å². The summed E-state index contributed by atoms with van der Waals surface area (Å²) in [7, 11) is 0. The summed E-state index contributed by atoms with van der Waals surface area (Å²) < 4.78 is 0. The van der Waals surface area contributed by atoms with Gasteiger partial charge in [-0.05, 0) is 62.4 Å². The lowest BCUT2D eigenvalue weighted by Crippen LogP contribution is -2.27. The Bertz CT molecular complexity index is 436. The predicted molar refractivity (Wildman–Crippen MR) is 78.6 cm³/mol. The van der Waals surface area contributed by atoms with Gasteiger partial charge >= 0.3 is 0 Å². The lowest BCUT2D eigenvalue weighted by molar-refractivity contribution is 0.0953. The number of nitrogens with one attached hydrogen (secondary N) is 2. The fraction of sp³-hybridized carbons (Fsp3) is 0.562. The predicted octanol–water partition coefficient (Wildman–Crippen LogP) is 2.60. The Morgan fingerprint density at radius 3 is 2.79 bits per heavy atom. The summed E-state index contributed by atoms with van der Waals surface area (Å²) >= 11 is 0. The average Bonchev–Trinajstić information content (AvgIpc) is 2.46. The number of hydrogen-bond acceptors (Lipinski definition) is 2. The number of rotatable bonds is 4. The molecule has 0 radical (unpaired) electrons. The van der Waals surface area contributed by atoms with Gasteiger partial charge in [-0.3, -0.25) is 4.79 Å². The molecule has 0 atom stereocenters. The zero-order chi connectivity index (χ0) is 13.7. The van der Waals surface area contributed by atoms with Crippen LogP contribution in [0.15, 0.2) is 18.2 Å². The average molecular weight is 260 g/mol. The zero-order valence-corrected chi connectivity index (χ0v) is 12.0. The molecule has 3 heteroatoms. The molecule has 1 amide bonds. The monoisotopic (exact) mass is 260 g/mol. The molecule has 1 heterocycles. The fourth-order valence-electron chi connectivity index (χ4n) is 2.63. The molecule has 2 rings (SSSR count). The highest BCUT2D eigenvalue weighted by molar-refractivity contribution is 5.95. The molecule has 1 fully saturated rings. The van der Waals surface area contributed by atoms with Gasteiger partial charge in [-0.2, -0.15) is 0 Å². The maximum atomic E-state index is 12.1. The van der Waals surface area contributed by atoms with Crippen LogP contribution in [-0.4, -0.2) is 25.5 Å². The van der Waals surface area contributed by atoms with Gasteiger partial charge in [0.2, 0.25) is 0 Å². The Hall–Kier alpha value is -1.35. The highest BCUT2D eigenvalue weighted by Crippen LogP contribution is 2.26. The molecular weight excluding hydrogens is 236 g/mol. The lowest BCUT2D eigenvalue weighted by Gasteiger charge is -2.23. The molecule has 0 aromatic heterocycles. The maximum absolute atomic E-state index is 12.1. The Balaban J connectivity index is 2.16. The molecule has 0 aliphatic carbocycles. The first kappa shape index (κ1) is 14.1.